The van der Waals surface area contributed by atoms with Gasteiger partial charge in [0.25, 0.3) is 0 Å². The summed E-state index contributed by atoms with van der Waals surface area (Å²) in [4.78, 5) is 26.3. The topological polar surface area (TPSA) is 69.6 Å². The van der Waals surface area contributed by atoms with E-state index in [-0.39, 0.29) is 30.3 Å². The molecule has 1 unspecified atom stereocenters. The van der Waals surface area contributed by atoms with Crippen LogP contribution in [0.4, 0.5) is 0 Å². The second-order valence-electron chi connectivity index (χ2n) is 6.41. The predicted molar refractivity (Wildman–Crippen MR) is 82.7 cm³/mol. The van der Waals surface area contributed by atoms with Crippen LogP contribution in [0.5, 0.6) is 0 Å². The zero-order chi connectivity index (χ0) is 16.0. The minimum atomic E-state index is -0.526. The summed E-state index contributed by atoms with van der Waals surface area (Å²) in [5, 5.41) is 12.6. The van der Waals surface area contributed by atoms with Crippen molar-refractivity contribution >= 4 is 11.8 Å². The van der Waals surface area contributed by atoms with E-state index in [2.05, 4.69) is 5.32 Å². The molecule has 1 aliphatic heterocycles. The molecular weight excluding hydrogens is 268 g/mol. The molecule has 0 spiro atoms. The Balaban J connectivity index is 2.68. The Labute approximate surface area is 128 Å². The van der Waals surface area contributed by atoms with Gasteiger partial charge in [-0.05, 0) is 25.7 Å². The predicted octanol–water partition coefficient (Wildman–Crippen LogP) is 1.55. The Morgan fingerprint density at radius 2 is 1.95 bits per heavy atom. The highest BCUT2D eigenvalue weighted by Gasteiger charge is 2.34. The normalized spacial score (nSPS) is 19.7. The lowest BCUT2D eigenvalue weighted by Crippen LogP contribution is -2.55. The van der Waals surface area contributed by atoms with Crippen LogP contribution in [0.3, 0.4) is 0 Å². The van der Waals surface area contributed by atoms with Crippen molar-refractivity contribution in [1.29, 1.82) is 0 Å². The number of piperidine rings is 1. The number of carbonyl (C=O) groups is 2. The number of carbonyl (C=O) groups excluding carboxylic acids is 2. The third-order valence-electron chi connectivity index (χ3n) is 4.64. The van der Waals surface area contributed by atoms with Gasteiger partial charge in [0.15, 0.2) is 0 Å². The van der Waals surface area contributed by atoms with Crippen molar-refractivity contribution in [2.75, 3.05) is 19.7 Å². The Morgan fingerprint density at radius 3 is 2.43 bits per heavy atom. The monoisotopic (exact) mass is 298 g/mol. The number of hydrogen-bond donors (Lipinski definition) is 2. The van der Waals surface area contributed by atoms with E-state index in [0.29, 0.717) is 19.4 Å². The van der Waals surface area contributed by atoms with Crippen molar-refractivity contribution in [2.45, 2.75) is 58.9 Å². The lowest BCUT2D eigenvalue weighted by Gasteiger charge is -2.36. The number of aliphatic hydroxyl groups is 1. The second-order valence-corrected chi connectivity index (χ2v) is 6.41. The molecule has 1 atom stereocenters. The van der Waals surface area contributed by atoms with Crippen molar-refractivity contribution in [3.63, 3.8) is 0 Å². The quantitative estimate of drug-likeness (QED) is 0.781. The molecule has 0 radical (unpaired) electrons. The molecule has 1 heterocycles. The smallest absolute Gasteiger partial charge is 0.225 e. The van der Waals surface area contributed by atoms with E-state index in [4.69, 9.17) is 0 Å². The second kappa shape index (κ2) is 7.78. The molecule has 5 heteroatoms. The van der Waals surface area contributed by atoms with E-state index in [0.717, 1.165) is 19.4 Å². The van der Waals surface area contributed by atoms with Crippen LogP contribution in [0.1, 0.15) is 53.4 Å². The Morgan fingerprint density at radius 1 is 1.33 bits per heavy atom. The molecule has 0 aromatic rings. The standard InChI is InChI=1S/C16H30N2O3/c1-5-16(6-2,11-19)17-14(20)13-8-7-9-18(10-13)15(21)12(3)4/h12-13,19H,5-11H2,1-4H3,(H,17,20). The minimum Gasteiger partial charge on any atom is -0.394 e. The number of hydrogen-bond acceptors (Lipinski definition) is 3. The lowest BCUT2D eigenvalue weighted by atomic mass is 9.90. The summed E-state index contributed by atoms with van der Waals surface area (Å²) in [6.45, 7) is 8.90. The summed E-state index contributed by atoms with van der Waals surface area (Å²) < 4.78 is 0. The number of nitrogens with zero attached hydrogens (tertiary/aromatic N) is 1. The first-order valence-electron chi connectivity index (χ1n) is 8.10. The fourth-order valence-electron chi connectivity index (χ4n) is 2.81. The van der Waals surface area contributed by atoms with E-state index >= 15 is 0 Å². The van der Waals surface area contributed by atoms with Crippen LogP contribution in [0.15, 0.2) is 0 Å². The minimum absolute atomic E-state index is 0.0328. The highest BCUT2D eigenvalue weighted by molar-refractivity contribution is 5.82. The van der Waals surface area contributed by atoms with Crippen LogP contribution in [-0.4, -0.2) is 47.1 Å². The summed E-state index contributed by atoms with van der Waals surface area (Å²) in [6.07, 6.45) is 3.07. The number of aliphatic hydroxyl groups excluding tert-OH is 1. The molecule has 1 aliphatic rings. The third kappa shape index (κ3) is 4.43. The van der Waals surface area contributed by atoms with Gasteiger partial charge in [0, 0.05) is 19.0 Å². The first kappa shape index (κ1) is 18.0. The van der Waals surface area contributed by atoms with E-state index < -0.39 is 5.54 Å². The van der Waals surface area contributed by atoms with Crippen LogP contribution in [0, 0.1) is 11.8 Å². The Kier molecular flexibility index (Phi) is 6.65. The zero-order valence-corrected chi connectivity index (χ0v) is 13.8. The molecular formula is C16H30N2O3. The van der Waals surface area contributed by atoms with Crippen molar-refractivity contribution in [2.24, 2.45) is 11.8 Å². The largest absolute Gasteiger partial charge is 0.394 e. The van der Waals surface area contributed by atoms with Gasteiger partial charge < -0.3 is 15.3 Å². The maximum atomic E-state index is 12.5. The highest BCUT2D eigenvalue weighted by Crippen LogP contribution is 2.21. The number of rotatable bonds is 6. The van der Waals surface area contributed by atoms with Gasteiger partial charge in [-0.25, -0.2) is 0 Å². The fourth-order valence-corrected chi connectivity index (χ4v) is 2.81. The summed E-state index contributed by atoms with van der Waals surface area (Å²) in [6, 6.07) is 0. The van der Waals surface area contributed by atoms with Crippen molar-refractivity contribution < 1.29 is 14.7 Å². The number of likely N-dealkylation sites (tertiary alicyclic amines) is 1. The van der Waals surface area contributed by atoms with Crippen LogP contribution in [0.25, 0.3) is 0 Å². The molecule has 2 amide bonds. The summed E-state index contributed by atoms with van der Waals surface area (Å²) >= 11 is 0. The molecule has 2 N–H and O–H groups in total. The molecule has 0 bridgehead atoms. The highest BCUT2D eigenvalue weighted by atomic mass is 16.3. The van der Waals surface area contributed by atoms with Gasteiger partial charge in [-0.15, -0.1) is 0 Å². The third-order valence-corrected chi connectivity index (χ3v) is 4.64. The average molecular weight is 298 g/mol. The molecule has 1 fully saturated rings. The van der Waals surface area contributed by atoms with Gasteiger partial charge >= 0.3 is 0 Å². The average Bonchev–Trinajstić information content (AvgIpc) is 2.51. The van der Waals surface area contributed by atoms with Gasteiger partial charge in [-0.1, -0.05) is 27.7 Å². The van der Waals surface area contributed by atoms with Crippen LogP contribution < -0.4 is 5.32 Å². The molecule has 0 aliphatic carbocycles. The van der Waals surface area contributed by atoms with Gasteiger partial charge in [-0.3, -0.25) is 9.59 Å². The van der Waals surface area contributed by atoms with Crippen molar-refractivity contribution in [3.05, 3.63) is 0 Å². The molecule has 122 valence electrons. The zero-order valence-electron chi connectivity index (χ0n) is 13.8. The van der Waals surface area contributed by atoms with Gasteiger partial charge in [0.2, 0.25) is 11.8 Å². The molecule has 1 saturated heterocycles. The Bertz CT molecular complexity index is 356. The molecule has 0 aromatic carbocycles. The molecule has 1 rings (SSSR count). The molecule has 21 heavy (non-hydrogen) atoms. The van der Waals surface area contributed by atoms with Gasteiger partial charge in [-0.2, -0.15) is 0 Å². The van der Waals surface area contributed by atoms with Crippen molar-refractivity contribution in [3.8, 4) is 0 Å². The summed E-state index contributed by atoms with van der Waals surface area (Å²) in [7, 11) is 0. The number of amides is 2. The van der Waals surface area contributed by atoms with Crippen LogP contribution in [0.2, 0.25) is 0 Å². The maximum absolute atomic E-state index is 12.5. The fraction of sp³-hybridized carbons (Fsp3) is 0.875. The van der Waals surface area contributed by atoms with E-state index in [1.165, 1.54) is 0 Å². The summed E-state index contributed by atoms with van der Waals surface area (Å²) in [5.74, 6) is -0.110. The van der Waals surface area contributed by atoms with E-state index in [1.54, 1.807) is 4.90 Å². The molecule has 5 nitrogen and oxygen atoms in total. The van der Waals surface area contributed by atoms with Crippen LogP contribution in [-0.2, 0) is 9.59 Å². The summed E-state index contributed by atoms with van der Waals surface area (Å²) in [5.41, 5.74) is -0.526. The molecule has 0 saturated carbocycles. The first-order valence-corrected chi connectivity index (χ1v) is 8.10. The Hall–Kier alpha value is -1.10. The van der Waals surface area contributed by atoms with Crippen molar-refractivity contribution in [1.82, 2.24) is 10.2 Å². The SMILES string of the molecule is CCC(CC)(CO)NC(=O)C1CCCN(C(=O)C(C)C)C1. The molecule has 0 aromatic heterocycles. The van der Waals surface area contributed by atoms with Crippen LogP contribution >= 0.6 is 0 Å². The van der Waals surface area contributed by atoms with E-state index in [1.807, 2.05) is 27.7 Å². The first-order chi connectivity index (χ1) is 9.89. The van der Waals surface area contributed by atoms with E-state index in [9.17, 15) is 14.7 Å². The lowest BCUT2D eigenvalue weighted by molar-refractivity contribution is -0.139. The van der Waals surface area contributed by atoms with Gasteiger partial charge in [0.1, 0.15) is 0 Å². The number of nitrogens with one attached hydrogen (secondary N) is 1. The maximum Gasteiger partial charge on any atom is 0.225 e. The van der Waals surface area contributed by atoms with Gasteiger partial charge in [0.05, 0.1) is 18.1 Å².